The highest BCUT2D eigenvalue weighted by Gasteiger charge is 2.37. The molecule has 0 fully saturated rings. The lowest BCUT2D eigenvalue weighted by Gasteiger charge is -2.15. The molecule has 0 atom stereocenters. The third kappa shape index (κ3) is 5.68. The molecule has 1 N–H and O–H groups in total. The molecule has 0 saturated carbocycles. The number of amides is 1. The van der Waals surface area contributed by atoms with Gasteiger partial charge in [0.1, 0.15) is 11.6 Å². The summed E-state index contributed by atoms with van der Waals surface area (Å²) >= 11 is 5.40. The standard InChI is InChI=1S/C16H8ClF9N2O2/c17-11-4-9(16(24,25)26)5-28(13(11)30)6-12(29)27-10-2-7(14(18,19)20)1-8(3-10)15(21,22)23/h1-5H,6H2,(H,27,29). The Balaban J connectivity index is 2.38. The van der Waals surface area contributed by atoms with Gasteiger partial charge in [0.25, 0.3) is 5.56 Å². The first-order chi connectivity index (χ1) is 13.5. The summed E-state index contributed by atoms with van der Waals surface area (Å²) in [6.07, 6.45) is -15.0. The van der Waals surface area contributed by atoms with Crippen molar-refractivity contribution in [1.29, 1.82) is 0 Å². The number of nitrogens with one attached hydrogen (secondary N) is 1. The normalized spacial score (nSPS) is 12.7. The van der Waals surface area contributed by atoms with Gasteiger partial charge in [-0.05, 0) is 24.3 Å². The van der Waals surface area contributed by atoms with E-state index in [0.29, 0.717) is 6.07 Å². The second-order valence-electron chi connectivity index (χ2n) is 5.85. The molecule has 0 aliphatic heterocycles. The molecule has 0 bridgehead atoms. The molecule has 14 heteroatoms. The number of hydrogen-bond donors (Lipinski definition) is 1. The number of benzene rings is 1. The number of hydrogen-bond acceptors (Lipinski definition) is 2. The molecule has 0 radical (unpaired) electrons. The predicted molar refractivity (Wildman–Crippen MR) is 85.8 cm³/mol. The minimum atomic E-state index is -5.17. The fourth-order valence-corrected chi connectivity index (χ4v) is 2.48. The van der Waals surface area contributed by atoms with E-state index in [4.69, 9.17) is 11.6 Å². The predicted octanol–water partition coefficient (Wildman–Crippen LogP) is 5.20. The van der Waals surface area contributed by atoms with E-state index in [1.165, 1.54) is 0 Å². The maximum atomic E-state index is 12.8. The Bertz CT molecular complexity index is 991. The molecule has 0 unspecified atom stereocenters. The molecule has 30 heavy (non-hydrogen) atoms. The highest BCUT2D eigenvalue weighted by atomic mass is 35.5. The molecule has 1 aromatic heterocycles. The van der Waals surface area contributed by atoms with E-state index < -0.39 is 63.9 Å². The first kappa shape index (κ1) is 23.6. The van der Waals surface area contributed by atoms with Crippen molar-refractivity contribution in [1.82, 2.24) is 4.57 Å². The summed E-state index contributed by atoms with van der Waals surface area (Å²) in [5, 5.41) is 0.805. The number of carbonyl (C=O) groups excluding carboxylic acids is 1. The van der Waals surface area contributed by atoms with Crippen molar-refractivity contribution in [3.8, 4) is 0 Å². The van der Waals surface area contributed by atoms with Crippen molar-refractivity contribution < 1.29 is 44.3 Å². The number of alkyl halides is 9. The molecule has 1 aromatic carbocycles. The number of carbonyl (C=O) groups is 1. The van der Waals surface area contributed by atoms with Crippen LogP contribution in [0.4, 0.5) is 45.2 Å². The summed E-state index contributed by atoms with van der Waals surface area (Å²) in [7, 11) is 0. The number of pyridine rings is 1. The minimum Gasteiger partial charge on any atom is -0.325 e. The first-order valence-electron chi connectivity index (χ1n) is 7.55. The van der Waals surface area contributed by atoms with Crippen LogP contribution in [0.1, 0.15) is 16.7 Å². The van der Waals surface area contributed by atoms with Crippen molar-refractivity contribution >= 4 is 23.2 Å². The Hall–Kier alpha value is -2.70. The van der Waals surface area contributed by atoms with Gasteiger partial charge in [-0.3, -0.25) is 9.59 Å². The number of nitrogens with zero attached hydrogens (tertiary/aromatic N) is 1. The molecule has 0 aliphatic carbocycles. The van der Waals surface area contributed by atoms with E-state index in [1.54, 1.807) is 5.32 Å². The molecule has 0 saturated heterocycles. The molecule has 164 valence electrons. The average molecular weight is 467 g/mol. The van der Waals surface area contributed by atoms with Crippen LogP contribution in [0.15, 0.2) is 35.3 Å². The van der Waals surface area contributed by atoms with Gasteiger partial charge in [0, 0.05) is 11.9 Å². The van der Waals surface area contributed by atoms with E-state index in [-0.39, 0.29) is 29.0 Å². The van der Waals surface area contributed by atoms with Gasteiger partial charge >= 0.3 is 18.5 Å². The van der Waals surface area contributed by atoms with Crippen LogP contribution in [0.5, 0.6) is 0 Å². The van der Waals surface area contributed by atoms with Gasteiger partial charge in [-0.2, -0.15) is 39.5 Å². The molecule has 2 rings (SSSR count). The van der Waals surface area contributed by atoms with Crippen LogP contribution in [0, 0.1) is 0 Å². The van der Waals surface area contributed by atoms with Crippen LogP contribution in [-0.4, -0.2) is 10.5 Å². The number of rotatable bonds is 3. The largest absolute Gasteiger partial charge is 0.417 e. The van der Waals surface area contributed by atoms with E-state index in [2.05, 4.69) is 0 Å². The van der Waals surface area contributed by atoms with Crippen molar-refractivity contribution in [2.45, 2.75) is 25.1 Å². The summed E-state index contributed by atoms with van der Waals surface area (Å²) < 4.78 is 116. The van der Waals surface area contributed by atoms with Gasteiger partial charge in [-0.15, -0.1) is 0 Å². The van der Waals surface area contributed by atoms with Gasteiger partial charge in [0.15, 0.2) is 0 Å². The SMILES string of the molecule is O=C(Cn1cc(C(F)(F)F)cc(Cl)c1=O)Nc1cc(C(F)(F)F)cc(C(F)(F)F)c1. The van der Waals surface area contributed by atoms with Gasteiger partial charge < -0.3 is 9.88 Å². The number of anilines is 1. The van der Waals surface area contributed by atoms with E-state index in [9.17, 15) is 49.1 Å². The molecule has 1 heterocycles. The monoisotopic (exact) mass is 466 g/mol. The zero-order valence-electron chi connectivity index (χ0n) is 14.1. The lowest BCUT2D eigenvalue weighted by atomic mass is 10.1. The second kappa shape index (κ2) is 7.85. The van der Waals surface area contributed by atoms with E-state index >= 15 is 0 Å². The van der Waals surface area contributed by atoms with Crippen LogP contribution in [-0.2, 0) is 29.9 Å². The zero-order valence-corrected chi connectivity index (χ0v) is 14.9. The van der Waals surface area contributed by atoms with Gasteiger partial charge in [-0.1, -0.05) is 11.6 Å². The topological polar surface area (TPSA) is 51.1 Å². The van der Waals surface area contributed by atoms with Crippen LogP contribution < -0.4 is 10.9 Å². The molecule has 1 amide bonds. The zero-order chi connectivity index (χ0) is 23.1. The molecular formula is C16H8ClF9N2O2. The summed E-state index contributed by atoms with van der Waals surface area (Å²) in [4.78, 5) is 23.8. The molecule has 4 nitrogen and oxygen atoms in total. The van der Waals surface area contributed by atoms with Crippen molar-refractivity contribution in [2.75, 3.05) is 5.32 Å². The third-order valence-electron chi connectivity index (χ3n) is 3.56. The molecule has 2 aromatic rings. The fourth-order valence-electron chi connectivity index (χ4n) is 2.25. The summed E-state index contributed by atoms with van der Waals surface area (Å²) in [5.74, 6) is -1.36. The molecule has 0 aliphatic rings. The Kier molecular flexibility index (Phi) is 6.17. The number of halogens is 10. The van der Waals surface area contributed by atoms with Gasteiger partial charge in [0.2, 0.25) is 5.91 Å². The Morgan fingerprint density at radius 1 is 0.833 bits per heavy atom. The summed E-state index contributed by atoms with van der Waals surface area (Å²) in [6, 6.07) is 0.539. The van der Waals surface area contributed by atoms with E-state index in [0.717, 1.165) is 0 Å². The quantitative estimate of drug-likeness (QED) is 0.633. The maximum absolute atomic E-state index is 12.8. The van der Waals surface area contributed by atoms with Crippen molar-refractivity contribution in [3.63, 3.8) is 0 Å². The van der Waals surface area contributed by atoms with Crippen molar-refractivity contribution in [2.24, 2.45) is 0 Å². The highest BCUT2D eigenvalue weighted by molar-refractivity contribution is 6.30. The van der Waals surface area contributed by atoms with Crippen LogP contribution in [0.25, 0.3) is 0 Å². The number of aromatic nitrogens is 1. The Morgan fingerprint density at radius 2 is 1.30 bits per heavy atom. The van der Waals surface area contributed by atoms with Gasteiger partial charge in [0.05, 0.1) is 16.7 Å². The van der Waals surface area contributed by atoms with Crippen LogP contribution in [0.3, 0.4) is 0 Å². The second-order valence-corrected chi connectivity index (χ2v) is 6.26. The van der Waals surface area contributed by atoms with Crippen LogP contribution >= 0.6 is 11.6 Å². The molecule has 0 spiro atoms. The fraction of sp³-hybridized carbons (Fsp3) is 0.250. The Labute approximate surface area is 165 Å². The summed E-state index contributed by atoms with van der Waals surface area (Å²) in [6.45, 7) is -1.15. The first-order valence-corrected chi connectivity index (χ1v) is 7.93. The lowest BCUT2D eigenvalue weighted by Crippen LogP contribution is -2.29. The smallest absolute Gasteiger partial charge is 0.325 e. The van der Waals surface area contributed by atoms with Gasteiger partial charge in [-0.25, -0.2) is 0 Å². The minimum absolute atomic E-state index is 0.174. The Morgan fingerprint density at radius 3 is 1.73 bits per heavy atom. The average Bonchev–Trinajstić information content (AvgIpc) is 2.56. The summed E-state index contributed by atoms with van der Waals surface area (Å²) in [5.41, 5.74) is -6.97. The van der Waals surface area contributed by atoms with Crippen LogP contribution in [0.2, 0.25) is 5.02 Å². The highest BCUT2D eigenvalue weighted by Crippen LogP contribution is 2.37. The van der Waals surface area contributed by atoms with E-state index in [1.807, 2.05) is 0 Å². The third-order valence-corrected chi connectivity index (χ3v) is 3.83. The lowest BCUT2D eigenvalue weighted by molar-refractivity contribution is -0.143. The molecular weight excluding hydrogens is 459 g/mol. The van der Waals surface area contributed by atoms with Crippen molar-refractivity contribution in [3.05, 3.63) is 62.5 Å². The maximum Gasteiger partial charge on any atom is 0.417 e.